The second-order valence-electron chi connectivity index (χ2n) is 3.69. The number of thioether (sulfide) groups is 1. The van der Waals surface area contributed by atoms with Crippen LogP contribution in [0.5, 0.6) is 0 Å². The number of carboxylic acids is 1. The number of nitrogens with one attached hydrogen (secondary N) is 1. The van der Waals surface area contributed by atoms with Crippen LogP contribution in [0.25, 0.3) is 0 Å². The van der Waals surface area contributed by atoms with Gasteiger partial charge in [-0.3, -0.25) is 9.59 Å². The molecule has 0 aliphatic heterocycles. The molecular weight excluding hydrogens is 228 g/mol. The van der Waals surface area contributed by atoms with Gasteiger partial charge < -0.3 is 16.2 Å². The average Bonchev–Trinajstić information content (AvgIpc) is 2.22. The lowest BCUT2D eigenvalue weighted by Gasteiger charge is -2.27. The molecule has 0 rings (SSSR count). The molecule has 0 unspecified atom stereocenters. The van der Waals surface area contributed by atoms with Gasteiger partial charge in [0.25, 0.3) is 0 Å². The second kappa shape index (κ2) is 6.40. The van der Waals surface area contributed by atoms with E-state index in [1.165, 1.54) is 11.8 Å². The molecule has 0 bridgehead atoms. The summed E-state index contributed by atoms with van der Waals surface area (Å²) in [6, 6.07) is -1.02. The SMILES string of the molecule is C#CCNC(=O)CSC(C)(C)[C@H](N)C(=O)O. The molecule has 4 N–H and O–H groups in total. The van der Waals surface area contributed by atoms with Crippen LogP contribution in [0.1, 0.15) is 13.8 Å². The summed E-state index contributed by atoms with van der Waals surface area (Å²) in [4.78, 5) is 21.9. The van der Waals surface area contributed by atoms with E-state index in [2.05, 4.69) is 11.2 Å². The Morgan fingerprint density at radius 2 is 2.19 bits per heavy atom. The molecule has 90 valence electrons. The fraction of sp³-hybridized carbons (Fsp3) is 0.600. The maximum atomic E-state index is 11.2. The Morgan fingerprint density at radius 1 is 1.62 bits per heavy atom. The third-order valence-corrected chi connectivity index (χ3v) is 3.38. The van der Waals surface area contributed by atoms with Gasteiger partial charge in [-0.15, -0.1) is 18.2 Å². The molecule has 0 aliphatic carbocycles. The lowest BCUT2D eigenvalue weighted by atomic mass is 10.1. The zero-order valence-corrected chi connectivity index (χ0v) is 10.1. The first-order valence-electron chi connectivity index (χ1n) is 4.63. The van der Waals surface area contributed by atoms with Crippen LogP contribution in [0.4, 0.5) is 0 Å². The molecule has 6 heteroatoms. The van der Waals surface area contributed by atoms with Crippen LogP contribution < -0.4 is 11.1 Å². The molecule has 5 nitrogen and oxygen atoms in total. The molecule has 0 fully saturated rings. The first-order valence-corrected chi connectivity index (χ1v) is 5.62. The number of hydrogen-bond donors (Lipinski definition) is 3. The van der Waals surface area contributed by atoms with Crippen molar-refractivity contribution in [1.29, 1.82) is 0 Å². The van der Waals surface area contributed by atoms with Crippen molar-refractivity contribution in [3.8, 4) is 12.3 Å². The minimum absolute atomic E-state index is 0.135. The predicted molar refractivity (Wildman–Crippen MR) is 64.0 cm³/mol. The van der Waals surface area contributed by atoms with Crippen LogP contribution in [0.2, 0.25) is 0 Å². The van der Waals surface area contributed by atoms with Crippen LogP contribution in [0.15, 0.2) is 0 Å². The summed E-state index contributed by atoms with van der Waals surface area (Å²) in [5.74, 6) is 1.10. The van der Waals surface area contributed by atoms with E-state index in [4.69, 9.17) is 17.3 Å². The monoisotopic (exact) mass is 244 g/mol. The van der Waals surface area contributed by atoms with Crippen molar-refractivity contribution in [2.24, 2.45) is 5.73 Å². The van der Waals surface area contributed by atoms with Crippen LogP contribution in [0, 0.1) is 12.3 Å². The average molecular weight is 244 g/mol. The van der Waals surface area contributed by atoms with E-state index in [1.54, 1.807) is 13.8 Å². The lowest BCUT2D eigenvalue weighted by molar-refractivity contribution is -0.139. The quantitative estimate of drug-likeness (QED) is 0.556. The van der Waals surface area contributed by atoms with E-state index < -0.39 is 16.8 Å². The molecule has 0 heterocycles. The highest BCUT2D eigenvalue weighted by Gasteiger charge is 2.32. The van der Waals surface area contributed by atoms with Crippen molar-refractivity contribution < 1.29 is 14.7 Å². The summed E-state index contributed by atoms with van der Waals surface area (Å²) < 4.78 is -0.709. The van der Waals surface area contributed by atoms with Crippen molar-refractivity contribution in [1.82, 2.24) is 5.32 Å². The maximum Gasteiger partial charge on any atom is 0.321 e. The first-order chi connectivity index (χ1) is 7.31. The topological polar surface area (TPSA) is 92.4 Å². The highest BCUT2D eigenvalue weighted by Crippen LogP contribution is 2.27. The molecule has 0 saturated heterocycles. The number of carboxylic acid groups (broad SMARTS) is 1. The van der Waals surface area contributed by atoms with Gasteiger partial charge in [-0.25, -0.2) is 0 Å². The van der Waals surface area contributed by atoms with Gasteiger partial charge in [0.15, 0.2) is 0 Å². The van der Waals surface area contributed by atoms with E-state index in [0.717, 1.165) is 0 Å². The zero-order valence-electron chi connectivity index (χ0n) is 9.32. The van der Waals surface area contributed by atoms with Gasteiger partial charge in [-0.05, 0) is 13.8 Å². The number of rotatable bonds is 6. The lowest BCUT2D eigenvalue weighted by Crippen LogP contribution is -2.47. The number of amides is 1. The first kappa shape index (κ1) is 14.8. The molecule has 0 aromatic rings. The summed E-state index contributed by atoms with van der Waals surface area (Å²) in [5, 5.41) is 11.2. The van der Waals surface area contributed by atoms with Gasteiger partial charge in [0.1, 0.15) is 6.04 Å². The fourth-order valence-corrected chi connectivity index (χ4v) is 1.72. The van der Waals surface area contributed by atoms with Crippen LogP contribution >= 0.6 is 11.8 Å². The summed E-state index contributed by atoms with van der Waals surface area (Å²) in [5.41, 5.74) is 5.50. The molecular formula is C10H16N2O3S. The molecule has 16 heavy (non-hydrogen) atoms. The summed E-state index contributed by atoms with van der Waals surface area (Å²) in [6.07, 6.45) is 4.98. The van der Waals surface area contributed by atoms with Gasteiger partial charge in [0.05, 0.1) is 12.3 Å². The largest absolute Gasteiger partial charge is 0.480 e. The molecule has 0 saturated carbocycles. The Kier molecular flexibility index (Phi) is 5.93. The number of carbonyl (C=O) groups excluding carboxylic acids is 1. The summed E-state index contributed by atoms with van der Waals surface area (Å²) >= 11 is 1.19. The minimum atomic E-state index is -1.08. The molecule has 0 radical (unpaired) electrons. The fourth-order valence-electron chi connectivity index (χ4n) is 0.839. The van der Waals surface area contributed by atoms with Crippen LogP contribution in [-0.2, 0) is 9.59 Å². The van der Waals surface area contributed by atoms with Crippen LogP contribution in [-0.4, -0.2) is 40.1 Å². The number of nitrogens with two attached hydrogens (primary N) is 1. The predicted octanol–water partition coefficient (Wildman–Crippen LogP) is -0.340. The van der Waals surface area contributed by atoms with Crippen molar-refractivity contribution in [2.75, 3.05) is 12.3 Å². The Hall–Kier alpha value is -1.19. The molecule has 0 aromatic carbocycles. The molecule has 0 aliphatic rings. The minimum Gasteiger partial charge on any atom is -0.480 e. The number of hydrogen-bond acceptors (Lipinski definition) is 4. The third kappa shape index (κ3) is 5.05. The van der Waals surface area contributed by atoms with Crippen molar-refractivity contribution >= 4 is 23.6 Å². The highest BCUT2D eigenvalue weighted by molar-refractivity contribution is 8.01. The third-order valence-electron chi connectivity index (χ3n) is 1.98. The zero-order chi connectivity index (χ0) is 12.8. The molecule has 0 aromatic heterocycles. The maximum absolute atomic E-state index is 11.2. The van der Waals surface area contributed by atoms with E-state index in [-0.39, 0.29) is 18.2 Å². The smallest absolute Gasteiger partial charge is 0.321 e. The Morgan fingerprint density at radius 3 is 2.62 bits per heavy atom. The van der Waals surface area contributed by atoms with Crippen molar-refractivity contribution in [2.45, 2.75) is 24.6 Å². The number of aliphatic carboxylic acids is 1. The normalized spacial score (nSPS) is 12.6. The standard InChI is InChI=1S/C10H16N2O3S/c1-4-5-12-7(13)6-16-10(2,3)8(11)9(14)15/h1,8H,5-6,11H2,2-3H3,(H,12,13)(H,14,15)/t8-/m1/s1. The number of terminal acetylenes is 1. The van der Waals surface area contributed by atoms with Crippen LogP contribution in [0.3, 0.4) is 0 Å². The molecule has 1 atom stereocenters. The Labute approximate surface area is 99.2 Å². The van der Waals surface area contributed by atoms with E-state index in [0.29, 0.717) is 0 Å². The molecule has 0 spiro atoms. The van der Waals surface area contributed by atoms with Gasteiger partial charge in [-0.1, -0.05) is 5.92 Å². The van der Waals surface area contributed by atoms with Gasteiger partial charge in [0.2, 0.25) is 5.91 Å². The molecule has 1 amide bonds. The number of carbonyl (C=O) groups is 2. The summed E-state index contributed by atoms with van der Waals surface area (Å²) in [6.45, 7) is 3.54. The van der Waals surface area contributed by atoms with Crippen molar-refractivity contribution in [3.63, 3.8) is 0 Å². The second-order valence-corrected chi connectivity index (χ2v) is 5.32. The highest BCUT2D eigenvalue weighted by atomic mass is 32.2. The Balaban J connectivity index is 4.14. The van der Waals surface area contributed by atoms with Gasteiger partial charge >= 0.3 is 5.97 Å². The Bertz CT molecular complexity index is 310. The van der Waals surface area contributed by atoms with Crippen molar-refractivity contribution in [3.05, 3.63) is 0 Å². The van der Waals surface area contributed by atoms with Gasteiger partial charge in [0, 0.05) is 4.75 Å². The van der Waals surface area contributed by atoms with E-state index in [9.17, 15) is 9.59 Å². The summed E-state index contributed by atoms with van der Waals surface area (Å²) in [7, 11) is 0. The van der Waals surface area contributed by atoms with E-state index in [1.807, 2.05) is 0 Å². The van der Waals surface area contributed by atoms with Gasteiger partial charge in [-0.2, -0.15) is 0 Å². The van der Waals surface area contributed by atoms with E-state index >= 15 is 0 Å².